The van der Waals surface area contributed by atoms with E-state index in [1.807, 2.05) is 13.8 Å². The molecule has 0 aliphatic rings. The van der Waals surface area contributed by atoms with Crippen LogP contribution >= 0.6 is 0 Å². The second-order valence-corrected chi connectivity index (χ2v) is 11.0. The fourth-order valence-corrected chi connectivity index (χ4v) is 3.66. The quantitative estimate of drug-likeness (QED) is 0.339. The van der Waals surface area contributed by atoms with Gasteiger partial charge in [-0.15, -0.1) is 0 Å². The van der Waals surface area contributed by atoms with Crippen molar-refractivity contribution in [3.63, 3.8) is 0 Å². The van der Waals surface area contributed by atoms with Crippen LogP contribution in [-0.4, -0.2) is 38.1 Å². The number of nitrogens with zero attached hydrogens (tertiary/aromatic N) is 3. The van der Waals surface area contributed by atoms with E-state index < -0.39 is 33.9 Å². The van der Waals surface area contributed by atoms with Gasteiger partial charge in [-0.05, 0) is 78.6 Å². The van der Waals surface area contributed by atoms with Gasteiger partial charge in [0.15, 0.2) is 0 Å². The molecule has 0 unspecified atom stereocenters. The van der Waals surface area contributed by atoms with Crippen LogP contribution in [0.1, 0.15) is 61.0 Å². The van der Waals surface area contributed by atoms with E-state index in [4.69, 9.17) is 9.47 Å². The predicted molar refractivity (Wildman–Crippen MR) is 136 cm³/mol. The number of benzene rings is 2. The van der Waals surface area contributed by atoms with Gasteiger partial charge < -0.3 is 14.8 Å². The first kappa shape index (κ1) is 26.7. The molecular weight excluding hydrogens is 464 g/mol. The van der Waals surface area contributed by atoms with Crippen LogP contribution in [0.3, 0.4) is 0 Å². The van der Waals surface area contributed by atoms with Gasteiger partial charge in [0, 0.05) is 0 Å². The monoisotopic (exact) mass is 496 g/mol. The Kier molecular flexibility index (Phi) is 6.85. The van der Waals surface area contributed by atoms with Crippen molar-refractivity contribution in [2.45, 2.75) is 72.1 Å². The molecule has 1 aromatic heterocycles. The Balaban J connectivity index is 1.96. The molecule has 1 N–H and O–H groups in total. The maximum absolute atomic E-state index is 12.5. The Morgan fingerprint density at radius 1 is 0.917 bits per heavy atom. The fraction of sp³-hybridized carbons (Fsp3) is 0.423. The Labute approximate surface area is 209 Å². The number of carbonyl (C=O) groups is 2. The minimum absolute atomic E-state index is 0.166. The summed E-state index contributed by atoms with van der Waals surface area (Å²) in [6.07, 6.45) is 0.0339. The zero-order valence-electron chi connectivity index (χ0n) is 21.8. The topological polar surface area (TPSA) is 126 Å². The van der Waals surface area contributed by atoms with Crippen LogP contribution in [0.15, 0.2) is 42.6 Å². The normalized spacial score (nSPS) is 12.3. The molecule has 0 atom stereocenters. The van der Waals surface area contributed by atoms with E-state index in [-0.39, 0.29) is 16.6 Å². The molecule has 0 radical (unpaired) electrons. The number of nitro groups is 1. The highest BCUT2D eigenvalue weighted by molar-refractivity contribution is 5.99. The molecule has 2 aromatic carbocycles. The van der Waals surface area contributed by atoms with Crippen LogP contribution in [0, 0.1) is 10.1 Å². The molecule has 36 heavy (non-hydrogen) atoms. The molecule has 10 nitrogen and oxygen atoms in total. The molecule has 10 heteroatoms. The average Bonchev–Trinajstić information content (AvgIpc) is 3.14. The fourth-order valence-electron chi connectivity index (χ4n) is 3.66. The first-order valence-corrected chi connectivity index (χ1v) is 11.5. The number of alkyl carbamates (subject to hydrolysis) is 1. The lowest BCUT2D eigenvalue weighted by Gasteiger charge is -2.29. The number of hydrogen-bond acceptors (Lipinski definition) is 7. The smallest absolute Gasteiger partial charge is 0.435 e. The van der Waals surface area contributed by atoms with Gasteiger partial charge >= 0.3 is 12.2 Å². The molecule has 0 spiro atoms. The summed E-state index contributed by atoms with van der Waals surface area (Å²) in [6.45, 7) is 14.2. The highest BCUT2D eigenvalue weighted by Crippen LogP contribution is 2.37. The summed E-state index contributed by atoms with van der Waals surface area (Å²) in [7, 11) is 0. The van der Waals surface area contributed by atoms with Crippen molar-refractivity contribution in [1.29, 1.82) is 0 Å². The average molecular weight is 497 g/mol. The standard InChI is InChI=1S/C26H32N4O6/c1-24(2,3)35-22(31)28-26(7,8)17-11-9-16(10-12-17)18-13-14-20-19(21(18)30(33)34)15-27-29(20)23(32)36-25(4,5)6/h9-15H,1-8H3,(H,28,31). The maximum Gasteiger partial charge on any atom is 0.435 e. The zero-order chi connectivity index (χ0) is 27.1. The maximum atomic E-state index is 12.5. The third-order valence-electron chi connectivity index (χ3n) is 5.20. The molecule has 3 rings (SSSR count). The van der Waals surface area contributed by atoms with Crippen molar-refractivity contribution >= 4 is 28.8 Å². The molecule has 3 aromatic rings. The van der Waals surface area contributed by atoms with E-state index in [0.717, 1.165) is 10.2 Å². The Morgan fingerprint density at radius 2 is 1.50 bits per heavy atom. The third-order valence-corrected chi connectivity index (χ3v) is 5.20. The van der Waals surface area contributed by atoms with Gasteiger partial charge in [-0.2, -0.15) is 9.78 Å². The largest absolute Gasteiger partial charge is 0.444 e. The highest BCUT2D eigenvalue weighted by Gasteiger charge is 2.28. The predicted octanol–water partition coefficient (Wildman–Crippen LogP) is 6.15. The summed E-state index contributed by atoms with van der Waals surface area (Å²) in [4.78, 5) is 36.4. The molecule has 0 bridgehead atoms. The lowest BCUT2D eigenvalue weighted by molar-refractivity contribution is -0.382. The lowest BCUT2D eigenvalue weighted by Crippen LogP contribution is -2.43. The van der Waals surface area contributed by atoms with Gasteiger partial charge in [0.05, 0.1) is 33.1 Å². The zero-order valence-corrected chi connectivity index (χ0v) is 21.8. The number of nitrogens with one attached hydrogen (secondary N) is 1. The molecule has 0 saturated heterocycles. The highest BCUT2D eigenvalue weighted by atomic mass is 16.6. The second-order valence-electron chi connectivity index (χ2n) is 11.0. The molecule has 0 saturated carbocycles. The van der Waals surface area contributed by atoms with Crippen molar-refractivity contribution in [1.82, 2.24) is 15.1 Å². The molecule has 1 heterocycles. The van der Waals surface area contributed by atoms with E-state index in [0.29, 0.717) is 11.1 Å². The molecule has 1 amide bonds. The lowest BCUT2D eigenvalue weighted by atomic mass is 9.92. The number of ether oxygens (including phenoxy) is 2. The number of amides is 1. The number of rotatable bonds is 4. The van der Waals surface area contributed by atoms with Crippen molar-refractivity contribution in [3.05, 3.63) is 58.3 Å². The van der Waals surface area contributed by atoms with E-state index in [9.17, 15) is 19.7 Å². The molecule has 0 aliphatic heterocycles. The van der Waals surface area contributed by atoms with Gasteiger partial charge in [-0.25, -0.2) is 9.59 Å². The van der Waals surface area contributed by atoms with E-state index in [2.05, 4.69) is 10.4 Å². The number of carbonyl (C=O) groups excluding carboxylic acids is 2. The van der Waals surface area contributed by atoms with Crippen LogP contribution in [0.4, 0.5) is 15.3 Å². The number of nitro benzene ring substituents is 1. The molecule has 0 fully saturated rings. The summed E-state index contributed by atoms with van der Waals surface area (Å²) in [6, 6.07) is 10.3. The summed E-state index contributed by atoms with van der Waals surface area (Å²) in [5, 5.41) is 19.2. The van der Waals surface area contributed by atoms with Gasteiger partial charge in [0.25, 0.3) is 5.69 Å². The van der Waals surface area contributed by atoms with E-state index in [1.54, 1.807) is 77.9 Å². The van der Waals surface area contributed by atoms with Crippen LogP contribution < -0.4 is 5.32 Å². The first-order valence-electron chi connectivity index (χ1n) is 11.5. The van der Waals surface area contributed by atoms with E-state index in [1.165, 1.54) is 6.20 Å². The minimum Gasteiger partial charge on any atom is -0.444 e. The van der Waals surface area contributed by atoms with Crippen molar-refractivity contribution < 1.29 is 24.0 Å². The van der Waals surface area contributed by atoms with Crippen LogP contribution in [-0.2, 0) is 15.0 Å². The van der Waals surface area contributed by atoms with Gasteiger partial charge in [0.1, 0.15) is 11.2 Å². The van der Waals surface area contributed by atoms with Gasteiger partial charge in [0.2, 0.25) is 0 Å². The van der Waals surface area contributed by atoms with Crippen LogP contribution in [0.5, 0.6) is 0 Å². The molecular formula is C26H32N4O6. The van der Waals surface area contributed by atoms with Crippen molar-refractivity contribution in [2.75, 3.05) is 0 Å². The molecule has 192 valence electrons. The van der Waals surface area contributed by atoms with Crippen LogP contribution in [0.2, 0.25) is 0 Å². The second kappa shape index (κ2) is 9.25. The molecule has 0 aliphatic carbocycles. The van der Waals surface area contributed by atoms with E-state index >= 15 is 0 Å². The van der Waals surface area contributed by atoms with Gasteiger partial charge in [-0.3, -0.25) is 10.1 Å². The summed E-state index contributed by atoms with van der Waals surface area (Å²) in [5.74, 6) is 0. The van der Waals surface area contributed by atoms with Crippen molar-refractivity contribution in [3.8, 4) is 11.1 Å². The Bertz CT molecular complexity index is 1310. The summed E-state index contributed by atoms with van der Waals surface area (Å²) in [5.41, 5.74) is -0.232. The third kappa shape index (κ3) is 5.99. The SMILES string of the molecule is CC(C)(C)OC(=O)NC(C)(C)c1ccc(-c2ccc3c(cnn3C(=O)OC(C)(C)C)c2[N+](=O)[O-])cc1. The van der Waals surface area contributed by atoms with Gasteiger partial charge in [-0.1, -0.05) is 24.3 Å². The summed E-state index contributed by atoms with van der Waals surface area (Å²) >= 11 is 0. The van der Waals surface area contributed by atoms with Crippen LogP contribution in [0.25, 0.3) is 22.0 Å². The summed E-state index contributed by atoms with van der Waals surface area (Å²) < 4.78 is 11.7. The Hall–Kier alpha value is -3.95. The number of fused-ring (bicyclic) bond motifs is 1. The number of aromatic nitrogens is 2. The van der Waals surface area contributed by atoms with Crippen molar-refractivity contribution in [2.24, 2.45) is 0 Å². The minimum atomic E-state index is -0.745. The Morgan fingerprint density at radius 3 is 2.03 bits per heavy atom. The first-order chi connectivity index (χ1) is 16.5. The number of hydrogen-bond donors (Lipinski definition) is 1.